The molecule has 1 atom stereocenters. The molecule has 0 aliphatic rings. The molecule has 0 aliphatic carbocycles. The minimum absolute atomic E-state index is 0. The van der Waals surface area contributed by atoms with Gasteiger partial charge in [0.25, 0.3) is 0 Å². The zero-order chi connectivity index (χ0) is 18.6. The highest BCUT2D eigenvalue weighted by Gasteiger charge is 2.28. The van der Waals surface area contributed by atoms with Gasteiger partial charge in [0.1, 0.15) is 0 Å². The highest BCUT2D eigenvalue weighted by molar-refractivity contribution is 5.85. The molecule has 2 rings (SSSR count). The molecule has 26 heavy (non-hydrogen) atoms. The molecule has 1 heterocycles. The van der Waals surface area contributed by atoms with Crippen molar-refractivity contribution in [1.82, 2.24) is 14.5 Å². The van der Waals surface area contributed by atoms with Crippen LogP contribution >= 0.6 is 12.4 Å². The molecule has 146 valence electrons. The molecule has 0 radical (unpaired) electrons. The molecule has 1 aromatic carbocycles. The number of para-hydroxylation sites is 2. The lowest BCUT2D eigenvalue weighted by molar-refractivity contribution is -0.123. The number of hydrogen-bond donors (Lipinski definition) is 2. The fourth-order valence-electron chi connectivity index (χ4n) is 2.95. The van der Waals surface area contributed by atoms with Crippen LogP contribution in [0.5, 0.6) is 0 Å². The zero-order valence-electron chi connectivity index (χ0n) is 16.1. The van der Waals surface area contributed by atoms with E-state index < -0.39 is 5.54 Å². The predicted molar refractivity (Wildman–Crippen MR) is 109 cm³/mol. The van der Waals surface area contributed by atoms with Crippen LogP contribution in [0, 0.1) is 5.92 Å². The number of nitrogens with one attached hydrogen (secondary N) is 1. The molecule has 7 heteroatoms. The van der Waals surface area contributed by atoms with Crippen molar-refractivity contribution in [3.63, 3.8) is 0 Å². The molecule has 1 aromatic heterocycles. The largest absolute Gasteiger partial charge is 0.349 e. The number of carbonyl (C=O) groups is 1. The van der Waals surface area contributed by atoms with Crippen LogP contribution in [-0.2, 0) is 17.9 Å². The summed E-state index contributed by atoms with van der Waals surface area (Å²) in [5, 5.41) is 3.03. The average Bonchev–Trinajstić information content (AvgIpc) is 2.85. The molecule has 0 saturated carbocycles. The van der Waals surface area contributed by atoms with Gasteiger partial charge in [-0.2, -0.15) is 0 Å². The topological polar surface area (TPSA) is 82.0 Å². The first kappa shape index (κ1) is 22.3. The number of nitrogens with zero attached hydrogens (tertiary/aromatic N) is 2. The van der Waals surface area contributed by atoms with Crippen molar-refractivity contribution in [2.45, 2.75) is 59.2 Å². The smallest absolute Gasteiger partial charge is 0.329 e. The second-order valence-electron chi connectivity index (χ2n) is 7.15. The first-order chi connectivity index (χ1) is 11.8. The number of carbonyl (C=O) groups excluding carboxylic acids is 1. The van der Waals surface area contributed by atoms with Gasteiger partial charge < -0.3 is 11.1 Å². The van der Waals surface area contributed by atoms with E-state index >= 15 is 0 Å². The molecule has 1 unspecified atom stereocenters. The summed E-state index contributed by atoms with van der Waals surface area (Å²) in [7, 11) is 0. The molecule has 0 bridgehead atoms. The van der Waals surface area contributed by atoms with Gasteiger partial charge in [-0.3, -0.25) is 13.9 Å². The molecule has 2 aromatic rings. The van der Waals surface area contributed by atoms with Crippen LogP contribution in [0.3, 0.4) is 0 Å². The summed E-state index contributed by atoms with van der Waals surface area (Å²) < 4.78 is 3.48. The van der Waals surface area contributed by atoms with E-state index in [1.54, 1.807) is 9.13 Å². The Balaban J connectivity index is 0.00000338. The first-order valence-corrected chi connectivity index (χ1v) is 9.03. The molecular weight excluding hydrogens is 352 g/mol. The quantitative estimate of drug-likeness (QED) is 0.735. The number of fused-ring (bicyclic) bond motifs is 1. The Morgan fingerprint density at radius 2 is 1.73 bits per heavy atom. The SMILES string of the molecule is CCCn1c(=O)n(CCC(=O)NC(C)(CN)C(C)C)c2ccccc21.Cl. The first-order valence-electron chi connectivity index (χ1n) is 9.03. The second kappa shape index (κ2) is 9.24. The van der Waals surface area contributed by atoms with Gasteiger partial charge in [-0.25, -0.2) is 4.79 Å². The van der Waals surface area contributed by atoms with E-state index in [2.05, 4.69) is 5.32 Å². The van der Waals surface area contributed by atoms with Gasteiger partial charge in [0.15, 0.2) is 0 Å². The Labute approximate surface area is 161 Å². The van der Waals surface area contributed by atoms with Crippen molar-refractivity contribution in [2.75, 3.05) is 6.54 Å². The molecule has 1 amide bonds. The molecule has 6 nitrogen and oxygen atoms in total. The van der Waals surface area contributed by atoms with E-state index in [0.717, 1.165) is 17.5 Å². The van der Waals surface area contributed by atoms with E-state index in [-0.39, 0.29) is 36.3 Å². The fraction of sp³-hybridized carbons (Fsp3) is 0.579. The van der Waals surface area contributed by atoms with Crippen LogP contribution in [0.25, 0.3) is 11.0 Å². The normalized spacial score (nSPS) is 13.5. The molecular formula is C19H31ClN4O2. The van der Waals surface area contributed by atoms with Gasteiger partial charge in [-0.15, -0.1) is 12.4 Å². The van der Waals surface area contributed by atoms with E-state index in [4.69, 9.17) is 5.73 Å². The summed E-state index contributed by atoms with van der Waals surface area (Å²) in [5.41, 5.74) is 7.13. The van der Waals surface area contributed by atoms with Crippen molar-refractivity contribution in [3.8, 4) is 0 Å². The van der Waals surface area contributed by atoms with Crippen LogP contribution < -0.4 is 16.7 Å². The van der Waals surface area contributed by atoms with Crippen LogP contribution in [-0.4, -0.2) is 27.1 Å². The predicted octanol–water partition coefficient (Wildman–Crippen LogP) is 2.51. The Bertz CT molecular complexity index is 796. The van der Waals surface area contributed by atoms with Gasteiger partial charge in [-0.05, 0) is 31.4 Å². The van der Waals surface area contributed by atoms with Gasteiger partial charge in [-0.1, -0.05) is 32.9 Å². The Morgan fingerprint density at radius 3 is 2.19 bits per heavy atom. The van der Waals surface area contributed by atoms with Crippen LogP contribution in [0.15, 0.2) is 29.1 Å². The zero-order valence-corrected chi connectivity index (χ0v) is 16.9. The molecule has 0 saturated heterocycles. The average molecular weight is 383 g/mol. The van der Waals surface area contributed by atoms with E-state index in [1.165, 1.54) is 0 Å². The number of aromatic nitrogens is 2. The Hall–Kier alpha value is -1.79. The lowest BCUT2D eigenvalue weighted by Gasteiger charge is -2.33. The maximum atomic E-state index is 12.7. The van der Waals surface area contributed by atoms with E-state index in [9.17, 15) is 9.59 Å². The van der Waals surface area contributed by atoms with E-state index in [1.807, 2.05) is 52.0 Å². The third-order valence-corrected chi connectivity index (χ3v) is 5.06. The fourth-order valence-corrected chi connectivity index (χ4v) is 2.95. The lowest BCUT2D eigenvalue weighted by atomic mass is 9.88. The van der Waals surface area contributed by atoms with Crippen molar-refractivity contribution in [1.29, 1.82) is 0 Å². The number of hydrogen-bond acceptors (Lipinski definition) is 3. The lowest BCUT2D eigenvalue weighted by Crippen LogP contribution is -2.55. The number of nitrogens with two attached hydrogens (primary N) is 1. The van der Waals surface area contributed by atoms with Gasteiger partial charge in [0.2, 0.25) is 5.91 Å². The molecule has 0 spiro atoms. The number of halogens is 1. The van der Waals surface area contributed by atoms with Crippen molar-refractivity contribution < 1.29 is 4.79 Å². The van der Waals surface area contributed by atoms with Gasteiger partial charge in [0.05, 0.1) is 16.6 Å². The number of rotatable bonds is 8. The minimum Gasteiger partial charge on any atom is -0.349 e. The number of amides is 1. The molecule has 0 fully saturated rings. The van der Waals surface area contributed by atoms with Gasteiger partial charge in [0, 0.05) is 26.1 Å². The monoisotopic (exact) mass is 382 g/mol. The maximum absolute atomic E-state index is 12.7. The van der Waals surface area contributed by atoms with Crippen molar-refractivity contribution in [3.05, 3.63) is 34.7 Å². The highest BCUT2D eigenvalue weighted by atomic mass is 35.5. The second-order valence-corrected chi connectivity index (χ2v) is 7.15. The third-order valence-electron chi connectivity index (χ3n) is 5.06. The van der Waals surface area contributed by atoms with Crippen LogP contribution in [0.4, 0.5) is 0 Å². The summed E-state index contributed by atoms with van der Waals surface area (Å²) in [6.45, 7) is 9.50. The Kier molecular flexibility index (Phi) is 7.90. The number of benzene rings is 1. The minimum atomic E-state index is -0.432. The maximum Gasteiger partial charge on any atom is 0.329 e. The molecule has 3 N–H and O–H groups in total. The van der Waals surface area contributed by atoms with Gasteiger partial charge >= 0.3 is 5.69 Å². The highest BCUT2D eigenvalue weighted by Crippen LogP contribution is 2.16. The standard InChI is InChI=1S/C19H30N4O2.ClH/c1-5-11-22-15-8-6-7-9-16(15)23(18(22)25)12-10-17(24)21-19(4,13-20)14(2)3;/h6-9,14H,5,10-13,20H2,1-4H3,(H,21,24);1H. The third kappa shape index (κ3) is 4.48. The van der Waals surface area contributed by atoms with Crippen LogP contribution in [0.1, 0.15) is 40.5 Å². The number of imidazole rings is 1. The summed E-state index contributed by atoms with van der Waals surface area (Å²) in [5.74, 6) is 0.150. The Morgan fingerprint density at radius 1 is 1.19 bits per heavy atom. The summed E-state index contributed by atoms with van der Waals surface area (Å²) in [6, 6.07) is 7.73. The van der Waals surface area contributed by atoms with E-state index in [0.29, 0.717) is 19.6 Å². The van der Waals surface area contributed by atoms with Crippen molar-refractivity contribution in [2.24, 2.45) is 11.7 Å². The van der Waals surface area contributed by atoms with Crippen molar-refractivity contribution >= 4 is 29.3 Å². The molecule has 0 aliphatic heterocycles. The summed E-state index contributed by atoms with van der Waals surface area (Å²) >= 11 is 0. The summed E-state index contributed by atoms with van der Waals surface area (Å²) in [4.78, 5) is 25.1. The number of aryl methyl sites for hydroxylation is 2. The van der Waals surface area contributed by atoms with Crippen LogP contribution in [0.2, 0.25) is 0 Å². The summed E-state index contributed by atoms with van der Waals surface area (Å²) in [6.07, 6.45) is 1.14.